The molecule has 3 rings (SSSR count). The van der Waals surface area contributed by atoms with E-state index in [1.807, 2.05) is 12.1 Å². The van der Waals surface area contributed by atoms with Gasteiger partial charge in [0.05, 0.1) is 12.1 Å². The van der Waals surface area contributed by atoms with Crippen molar-refractivity contribution in [1.82, 2.24) is 20.3 Å². The standard InChI is InChI=1S/C12H16N4O.ClH/c1-3-9(7-13-5-1)8-17-12-15-10-4-2-6-14-11(10)16-12;/h2,4,6,9,13H,1,3,5,7-8H2,(H,14,15,16);1H. The lowest BCUT2D eigenvalue weighted by Crippen LogP contribution is -2.33. The number of nitrogens with zero attached hydrogens (tertiary/aromatic N) is 2. The average Bonchev–Trinajstić information content (AvgIpc) is 2.80. The van der Waals surface area contributed by atoms with E-state index in [2.05, 4.69) is 20.3 Å². The Morgan fingerprint density at radius 1 is 1.44 bits per heavy atom. The second-order valence-corrected chi connectivity index (χ2v) is 4.44. The Morgan fingerprint density at radius 2 is 2.39 bits per heavy atom. The average molecular weight is 269 g/mol. The predicted octanol–water partition coefficient (Wildman–Crippen LogP) is 1.76. The summed E-state index contributed by atoms with van der Waals surface area (Å²) in [5.41, 5.74) is 1.63. The molecule has 1 atom stereocenters. The predicted molar refractivity (Wildman–Crippen MR) is 72.2 cm³/mol. The smallest absolute Gasteiger partial charge is 0.296 e. The maximum Gasteiger partial charge on any atom is 0.296 e. The zero-order chi connectivity index (χ0) is 11.5. The van der Waals surface area contributed by atoms with Crippen molar-refractivity contribution >= 4 is 23.6 Å². The molecule has 18 heavy (non-hydrogen) atoms. The maximum absolute atomic E-state index is 5.68. The van der Waals surface area contributed by atoms with Gasteiger partial charge in [-0.05, 0) is 31.5 Å². The minimum Gasteiger partial charge on any atom is -0.464 e. The van der Waals surface area contributed by atoms with E-state index in [1.54, 1.807) is 6.20 Å². The third kappa shape index (κ3) is 2.91. The zero-order valence-electron chi connectivity index (χ0n) is 10.1. The van der Waals surface area contributed by atoms with Crippen LogP contribution >= 0.6 is 12.4 Å². The van der Waals surface area contributed by atoms with Crippen LogP contribution in [0.5, 0.6) is 6.01 Å². The van der Waals surface area contributed by atoms with E-state index < -0.39 is 0 Å². The highest BCUT2D eigenvalue weighted by Crippen LogP contribution is 2.15. The first kappa shape index (κ1) is 13.1. The van der Waals surface area contributed by atoms with Crippen molar-refractivity contribution in [3.8, 4) is 6.01 Å². The van der Waals surface area contributed by atoms with Crippen molar-refractivity contribution in [2.24, 2.45) is 5.92 Å². The van der Waals surface area contributed by atoms with E-state index in [-0.39, 0.29) is 12.4 Å². The molecule has 0 aromatic carbocycles. The number of H-pyrrole nitrogens is 1. The van der Waals surface area contributed by atoms with E-state index in [1.165, 1.54) is 12.8 Å². The second kappa shape index (κ2) is 6.02. The molecule has 0 bridgehead atoms. The molecule has 3 heterocycles. The van der Waals surface area contributed by atoms with Gasteiger partial charge in [0, 0.05) is 18.7 Å². The molecule has 1 unspecified atom stereocenters. The van der Waals surface area contributed by atoms with Gasteiger partial charge in [-0.15, -0.1) is 12.4 Å². The summed E-state index contributed by atoms with van der Waals surface area (Å²) in [5.74, 6) is 0.588. The lowest BCUT2D eigenvalue weighted by Gasteiger charge is -2.21. The number of nitrogens with one attached hydrogen (secondary N) is 2. The van der Waals surface area contributed by atoms with Gasteiger partial charge in [0.1, 0.15) is 0 Å². The number of ether oxygens (including phenoxy) is 1. The first-order chi connectivity index (χ1) is 8.42. The lowest BCUT2D eigenvalue weighted by atomic mass is 10.0. The molecular formula is C12H17ClN4O. The van der Waals surface area contributed by atoms with Gasteiger partial charge < -0.3 is 15.0 Å². The van der Waals surface area contributed by atoms with Gasteiger partial charge in [0.25, 0.3) is 6.01 Å². The molecule has 0 amide bonds. The van der Waals surface area contributed by atoms with E-state index in [0.29, 0.717) is 24.2 Å². The summed E-state index contributed by atoms with van der Waals surface area (Å²) in [6.45, 7) is 2.89. The number of rotatable bonds is 3. The lowest BCUT2D eigenvalue weighted by molar-refractivity contribution is 0.207. The molecule has 1 saturated heterocycles. The van der Waals surface area contributed by atoms with Crippen LogP contribution < -0.4 is 10.1 Å². The molecule has 6 heteroatoms. The van der Waals surface area contributed by atoms with Crippen LogP contribution in [0.3, 0.4) is 0 Å². The largest absolute Gasteiger partial charge is 0.464 e. The van der Waals surface area contributed by atoms with Crippen molar-refractivity contribution < 1.29 is 4.74 Å². The summed E-state index contributed by atoms with van der Waals surface area (Å²) in [6.07, 6.45) is 4.19. The SMILES string of the molecule is Cl.c1cnc2nc(OCC3CCCNC3)[nH]c2c1. The first-order valence-corrected chi connectivity index (χ1v) is 6.06. The summed E-state index contributed by atoms with van der Waals surface area (Å²) in [4.78, 5) is 11.6. The number of pyridine rings is 1. The number of imidazole rings is 1. The van der Waals surface area contributed by atoms with E-state index in [0.717, 1.165) is 18.6 Å². The highest BCUT2D eigenvalue weighted by molar-refractivity contribution is 5.85. The fourth-order valence-corrected chi connectivity index (χ4v) is 2.15. The topological polar surface area (TPSA) is 62.8 Å². The molecule has 0 spiro atoms. The van der Waals surface area contributed by atoms with Crippen LogP contribution in [-0.4, -0.2) is 34.6 Å². The van der Waals surface area contributed by atoms with E-state index in [9.17, 15) is 0 Å². The fourth-order valence-electron chi connectivity index (χ4n) is 2.15. The zero-order valence-corrected chi connectivity index (χ0v) is 10.9. The van der Waals surface area contributed by atoms with E-state index >= 15 is 0 Å². The number of hydrogen-bond donors (Lipinski definition) is 2. The molecule has 0 saturated carbocycles. The van der Waals surface area contributed by atoms with Crippen molar-refractivity contribution in [2.75, 3.05) is 19.7 Å². The van der Waals surface area contributed by atoms with Crippen LogP contribution in [0.2, 0.25) is 0 Å². The number of aromatic nitrogens is 3. The first-order valence-electron chi connectivity index (χ1n) is 6.06. The van der Waals surface area contributed by atoms with Gasteiger partial charge in [0.2, 0.25) is 0 Å². The van der Waals surface area contributed by atoms with Crippen molar-refractivity contribution in [2.45, 2.75) is 12.8 Å². The van der Waals surface area contributed by atoms with Crippen LogP contribution in [0.25, 0.3) is 11.2 Å². The van der Waals surface area contributed by atoms with E-state index in [4.69, 9.17) is 4.74 Å². The normalized spacial score (nSPS) is 19.4. The molecule has 0 aliphatic carbocycles. The minimum absolute atomic E-state index is 0. The summed E-state index contributed by atoms with van der Waals surface area (Å²) < 4.78 is 5.68. The summed E-state index contributed by atoms with van der Waals surface area (Å²) >= 11 is 0. The van der Waals surface area contributed by atoms with Crippen molar-refractivity contribution in [3.05, 3.63) is 18.3 Å². The Balaban J connectivity index is 0.00000120. The number of hydrogen-bond acceptors (Lipinski definition) is 4. The molecular weight excluding hydrogens is 252 g/mol. The fraction of sp³-hybridized carbons (Fsp3) is 0.500. The minimum atomic E-state index is 0. The van der Waals surface area contributed by atoms with Crippen LogP contribution in [0.1, 0.15) is 12.8 Å². The van der Waals surface area contributed by atoms with Crippen LogP contribution in [0.15, 0.2) is 18.3 Å². The molecule has 1 aliphatic rings. The summed E-state index contributed by atoms with van der Waals surface area (Å²) in [6, 6.07) is 4.41. The van der Waals surface area contributed by atoms with Gasteiger partial charge in [0.15, 0.2) is 5.65 Å². The van der Waals surface area contributed by atoms with Crippen LogP contribution in [-0.2, 0) is 0 Å². The summed E-state index contributed by atoms with van der Waals surface area (Å²) in [5, 5.41) is 3.37. The highest BCUT2D eigenvalue weighted by Gasteiger charge is 2.14. The van der Waals surface area contributed by atoms with Gasteiger partial charge >= 0.3 is 0 Å². The molecule has 5 nitrogen and oxygen atoms in total. The quantitative estimate of drug-likeness (QED) is 0.890. The molecule has 2 N–H and O–H groups in total. The number of piperidine rings is 1. The van der Waals surface area contributed by atoms with Crippen LogP contribution in [0.4, 0.5) is 0 Å². The highest BCUT2D eigenvalue weighted by atomic mass is 35.5. The third-order valence-corrected chi connectivity index (χ3v) is 3.09. The van der Waals surface area contributed by atoms with Crippen molar-refractivity contribution in [1.29, 1.82) is 0 Å². The molecule has 2 aromatic rings. The number of aromatic amines is 1. The third-order valence-electron chi connectivity index (χ3n) is 3.09. The maximum atomic E-state index is 5.68. The van der Waals surface area contributed by atoms with Gasteiger partial charge in [-0.1, -0.05) is 0 Å². The van der Waals surface area contributed by atoms with Gasteiger partial charge in [-0.2, -0.15) is 4.98 Å². The molecule has 98 valence electrons. The Labute approximate surface area is 112 Å². The van der Waals surface area contributed by atoms with Crippen LogP contribution in [0, 0.1) is 5.92 Å². The van der Waals surface area contributed by atoms with Crippen molar-refractivity contribution in [3.63, 3.8) is 0 Å². The Hall–Kier alpha value is -1.33. The van der Waals surface area contributed by atoms with Gasteiger partial charge in [-0.25, -0.2) is 4.98 Å². The second-order valence-electron chi connectivity index (χ2n) is 4.44. The molecule has 0 radical (unpaired) electrons. The molecule has 2 aromatic heterocycles. The molecule has 1 fully saturated rings. The summed E-state index contributed by atoms with van der Waals surface area (Å²) in [7, 11) is 0. The monoisotopic (exact) mass is 268 g/mol. The Bertz CT molecular complexity index is 463. The Morgan fingerprint density at radius 3 is 3.17 bits per heavy atom. The number of halogens is 1. The Kier molecular flexibility index (Phi) is 4.38. The molecule has 1 aliphatic heterocycles. The number of fused-ring (bicyclic) bond motifs is 1. The van der Waals surface area contributed by atoms with Gasteiger partial charge in [-0.3, -0.25) is 0 Å².